The lowest BCUT2D eigenvalue weighted by atomic mass is 10.0. The van der Waals surface area contributed by atoms with Crippen molar-refractivity contribution in [2.24, 2.45) is 0 Å². The molecule has 0 atom stereocenters. The standard InChI is InChI=1S/C17H22NO4P/c1-4-15(19)17-14(13-10-8-7-9-11-13)12-16(18-17)23(20,21-5-2)22-6-3/h7-12,18H,4-6H2,1-3H3. The Morgan fingerprint density at radius 1 is 1.09 bits per heavy atom. The van der Waals surface area contributed by atoms with E-state index < -0.39 is 7.60 Å². The van der Waals surface area contributed by atoms with E-state index in [9.17, 15) is 9.36 Å². The van der Waals surface area contributed by atoms with E-state index in [-0.39, 0.29) is 19.0 Å². The summed E-state index contributed by atoms with van der Waals surface area (Å²) in [5, 5.41) is 0. The Bertz CT molecular complexity index is 699. The molecule has 5 nitrogen and oxygen atoms in total. The molecule has 23 heavy (non-hydrogen) atoms. The summed E-state index contributed by atoms with van der Waals surface area (Å²) in [5.74, 6) is -0.0466. The number of H-pyrrole nitrogens is 1. The zero-order chi connectivity index (χ0) is 16.9. The Balaban J connectivity index is 2.57. The summed E-state index contributed by atoms with van der Waals surface area (Å²) < 4.78 is 23.7. The van der Waals surface area contributed by atoms with Crippen LogP contribution in [-0.4, -0.2) is 24.0 Å². The van der Waals surface area contributed by atoms with Crippen molar-refractivity contribution in [1.29, 1.82) is 0 Å². The van der Waals surface area contributed by atoms with Gasteiger partial charge in [-0.25, -0.2) is 0 Å². The van der Waals surface area contributed by atoms with E-state index in [1.54, 1.807) is 26.8 Å². The van der Waals surface area contributed by atoms with E-state index >= 15 is 0 Å². The van der Waals surface area contributed by atoms with Gasteiger partial charge >= 0.3 is 7.60 Å². The molecule has 0 radical (unpaired) electrons. The van der Waals surface area contributed by atoms with Gasteiger partial charge in [0.15, 0.2) is 5.78 Å². The van der Waals surface area contributed by atoms with E-state index in [1.165, 1.54) is 0 Å². The van der Waals surface area contributed by atoms with Crippen LogP contribution in [0.4, 0.5) is 0 Å². The SMILES string of the molecule is CCOP(=O)(OCC)c1cc(-c2ccccc2)c(C(=O)CC)[nH]1. The molecule has 124 valence electrons. The minimum absolute atomic E-state index is 0.0466. The molecule has 0 aliphatic carbocycles. The highest BCUT2D eigenvalue weighted by molar-refractivity contribution is 7.61. The lowest BCUT2D eigenvalue weighted by Crippen LogP contribution is -2.12. The quantitative estimate of drug-likeness (QED) is 0.581. The summed E-state index contributed by atoms with van der Waals surface area (Å²) in [7, 11) is -3.46. The number of hydrogen-bond acceptors (Lipinski definition) is 4. The Morgan fingerprint density at radius 3 is 2.22 bits per heavy atom. The van der Waals surface area contributed by atoms with Gasteiger partial charge in [-0.15, -0.1) is 0 Å². The van der Waals surface area contributed by atoms with Crippen LogP contribution in [0, 0.1) is 0 Å². The summed E-state index contributed by atoms with van der Waals surface area (Å²) in [6.45, 7) is 5.82. The fourth-order valence-electron chi connectivity index (χ4n) is 2.35. The fraction of sp³-hybridized carbons (Fsp3) is 0.353. The number of rotatable bonds is 8. The largest absolute Gasteiger partial charge is 0.377 e. The smallest absolute Gasteiger partial charge is 0.345 e. The molecule has 0 bridgehead atoms. The molecule has 1 aromatic carbocycles. The molecule has 0 saturated carbocycles. The first-order valence-corrected chi connectivity index (χ1v) is 9.31. The number of Topliss-reactive ketones (excluding diaryl/α,β-unsaturated/α-hetero) is 1. The van der Waals surface area contributed by atoms with Crippen LogP contribution in [-0.2, 0) is 13.6 Å². The predicted octanol–water partition coefficient (Wildman–Crippen LogP) is 4.17. The van der Waals surface area contributed by atoms with Crippen LogP contribution < -0.4 is 5.44 Å². The van der Waals surface area contributed by atoms with Gasteiger partial charge < -0.3 is 14.0 Å². The molecule has 0 saturated heterocycles. The van der Waals surface area contributed by atoms with Crippen molar-refractivity contribution in [2.45, 2.75) is 27.2 Å². The number of aromatic nitrogens is 1. The fourth-order valence-corrected chi connectivity index (χ4v) is 3.91. The first-order chi connectivity index (χ1) is 11.1. The molecule has 0 amide bonds. The van der Waals surface area contributed by atoms with Gasteiger partial charge in [-0.2, -0.15) is 0 Å². The van der Waals surface area contributed by atoms with Gasteiger partial charge in [0, 0.05) is 12.0 Å². The molecule has 6 heteroatoms. The number of carbonyl (C=O) groups is 1. The molecule has 1 N–H and O–H groups in total. The highest BCUT2D eigenvalue weighted by Gasteiger charge is 2.31. The number of hydrogen-bond donors (Lipinski definition) is 1. The number of ketones is 1. The van der Waals surface area contributed by atoms with Gasteiger partial charge in [0.2, 0.25) is 0 Å². The molecule has 0 spiro atoms. The van der Waals surface area contributed by atoms with Gasteiger partial charge in [0.1, 0.15) is 5.44 Å². The van der Waals surface area contributed by atoms with Crippen LogP contribution >= 0.6 is 7.60 Å². The number of benzene rings is 1. The normalized spacial score (nSPS) is 11.6. The Morgan fingerprint density at radius 2 is 1.70 bits per heavy atom. The maximum absolute atomic E-state index is 12.9. The number of nitrogens with one attached hydrogen (secondary N) is 1. The Kier molecular flexibility index (Phi) is 5.94. The van der Waals surface area contributed by atoms with Crippen LogP contribution in [0.5, 0.6) is 0 Å². The second-order valence-electron chi connectivity index (χ2n) is 4.92. The third kappa shape index (κ3) is 3.81. The second-order valence-corrected chi connectivity index (χ2v) is 6.91. The maximum Gasteiger partial charge on any atom is 0.377 e. The predicted molar refractivity (Wildman–Crippen MR) is 91.3 cm³/mol. The summed E-state index contributed by atoms with van der Waals surface area (Å²) in [6.07, 6.45) is 0.355. The van der Waals surface area contributed by atoms with E-state index in [0.29, 0.717) is 23.1 Å². The number of carbonyl (C=O) groups excluding carboxylic acids is 1. The minimum Gasteiger partial charge on any atom is -0.345 e. The third-order valence-corrected chi connectivity index (χ3v) is 5.41. The molecular formula is C17H22NO4P. The van der Waals surface area contributed by atoms with Crippen LogP contribution in [0.1, 0.15) is 37.7 Å². The first kappa shape index (κ1) is 17.7. The van der Waals surface area contributed by atoms with Crippen LogP contribution in [0.15, 0.2) is 36.4 Å². The topological polar surface area (TPSA) is 68.4 Å². The molecule has 0 aliphatic heterocycles. The molecule has 0 fully saturated rings. The molecule has 0 aliphatic rings. The summed E-state index contributed by atoms with van der Waals surface area (Å²) >= 11 is 0. The van der Waals surface area contributed by atoms with Crippen LogP contribution in [0.3, 0.4) is 0 Å². The van der Waals surface area contributed by atoms with Crippen molar-refractivity contribution in [3.63, 3.8) is 0 Å². The first-order valence-electron chi connectivity index (χ1n) is 7.77. The van der Waals surface area contributed by atoms with E-state index in [0.717, 1.165) is 5.56 Å². The molecule has 0 unspecified atom stereocenters. The van der Waals surface area contributed by atoms with Gasteiger partial charge in [0.25, 0.3) is 0 Å². The molecular weight excluding hydrogens is 313 g/mol. The molecule has 2 rings (SSSR count). The summed E-state index contributed by atoms with van der Waals surface area (Å²) in [5.41, 5.74) is 2.35. The maximum atomic E-state index is 12.9. The molecule has 2 aromatic rings. The van der Waals surface area contributed by atoms with Gasteiger partial charge in [-0.3, -0.25) is 9.36 Å². The van der Waals surface area contributed by atoms with Crippen LogP contribution in [0.2, 0.25) is 0 Å². The minimum atomic E-state index is -3.46. The average molecular weight is 335 g/mol. The van der Waals surface area contributed by atoms with Crippen molar-refractivity contribution < 1.29 is 18.4 Å². The molecule has 1 aromatic heterocycles. The van der Waals surface area contributed by atoms with Gasteiger partial charge in [0.05, 0.1) is 18.9 Å². The Labute approximate surface area is 136 Å². The van der Waals surface area contributed by atoms with E-state index in [1.807, 2.05) is 30.3 Å². The lowest BCUT2D eigenvalue weighted by molar-refractivity contribution is 0.0985. The monoisotopic (exact) mass is 335 g/mol. The Hall–Kier alpha value is -1.68. The third-order valence-electron chi connectivity index (χ3n) is 3.38. The number of aromatic amines is 1. The summed E-state index contributed by atoms with van der Waals surface area (Å²) in [4.78, 5) is 15.2. The zero-order valence-electron chi connectivity index (χ0n) is 13.7. The molecule has 1 heterocycles. The van der Waals surface area contributed by atoms with Crippen molar-refractivity contribution in [3.05, 3.63) is 42.1 Å². The van der Waals surface area contributed by atoms with Crippen molar-refractivity contribution >= 4 is 18.8 Å². The van der Waals surface area contributed by atoms with Gasteiger partial charge in [-0.05, 0) is 25.5 Å². The highest BCUT2D eigenvalue weighted by Crippen LogP contribution is 2.47. The van der Waals surface area contributed by atoms with E-state index in [2.05, 4.69) is 4.98 Å². The second kappa shape index (κ2) is 7.73. The summed E-state index contributed by atoms with van der Waals surface area (Å²) in [6, 6.07) is 11.2. The average Bonchev–Trinajstić information content (AvgIpc) is 3.01. The van der Waals surface area contributed by atoms with Crippen molar-refractivity contribution in [2.75, 3.05) is 13.2 Å². The highest BCUT2D eigenvalue weighted by atomic mass is 31.2. The van der Waals surface area contributed by atoms with Crippen molar-refractivity contribution in [3.8, 4) is 11.1 Å². The van der Waals surface area contributed by atoms with E-state index in [4.69, 9.17) is 9.05 Å². The van der Waals surface area contributed by atoms with Crippen molar-refractivity contribution in [1.82, 2.24) is 4.98 Å². The van der Waals surface area contributed by atoms with Gasteiger partial charge in [-0.1, -0.05) is 37.3 Å². The lowest BCUT2D eigenvalue weighted by Gasteiger charge is -2.15. The zero-order valence-corrected chi connectivity index (χ0v) is 14.6. The van der Waals surface area contributed by atoms with Crippen LogP contribution in [0.25, 0.3) is 11.1 Å².